The van der Waals surface area contributed by atoms with Crippen LogP contribution in [-0.2, 0) is 25.9 Å². The van der Waals surface area contributed by atoms with Crippen molar-refractivity contribution in [2.24, 2.45) is 0 Å². The number of nitrogens with one attached hydrogen (secondary N) is 3. The Morgan fingerprint density at radius 2 is 1.97 bits per heavy atom. The molecule has 1 saturated heterocycles. The van der Waals surface area contributed by atoms with E-state index >= 15 is 0 Å². The summed E-state index contributed by atoms with van der Waals surface area (Å²) in [7, 11) is -3.41. The fourth-order valence-corrected chi connectivity index (χ4v) is 6.73. The van der Waals surface area contributed by atoms with E-state index in [1.165, 1.54) is 6.26 Å². The van der Waals surface area contributed by atoms with E-state index in [0.717, 1.165) is 18.4 Å². The number of imidazole rings is 1. The van der Waals surface area contributed by atoms with Crippen LogP contribution in [-0.4, -0.2) is 66.4 Å². The van der Waals surface area contributed by atoms with Gasteiger partial charge < -0.3 is 25.3 Å². The molecule has 2 amide bonds. The highest BCUT2D eigenvalue weighted by molar-refractivity contribution is 7.91. The number of aromatic amines is 1. The van der Waals surface area contributed by atoms with Crippen LogP contribution in [0.3, 0.4) is 0 Å². The number of nitrogens with zero attached hydrogens (tertiary/aromatic N) is 4. The SMILES string of the molecule is C[C@H]1COCCN1c1cc(C2(S(C)(=O)=O)CCCC2)nc(-c2ccc(NC(=O)NCc3ncc[nH]3)cc2)n1. The van der Waals surface area contributed by atoms with Gasteiger partial charge in [0.05, 0.1) is 31.5 Å². The van der Waals surface area contributed by atoms with Gasteiger partial charge in [-0.25, -0.2) is 28.2 Å². The number of hydrogen-bond donors (Lipinski definition) is 3. The smallest absolute Gasteiger partial charge is 0.319 e. The van der Waals surface area contributed by atoms with Gasteiger partial charge in [0.1, 0.15) is 16.4 Å². The van der Waals surface area contributed by atoms with Gasteiger partial charge in [0.25, 0.3) is 0 Å². The topological polar surface area (TPSA) is 142 Å². The molecule has 1 aromatic carbocycles. The molecule has 202 valence electrons. The third-order valence-electron chi connectivity index (χ3n) is 7.33. The maximum atomic E-state index is 13.1. The van der Waals surface area contributed by atoms with Crippen molar-refractivity contribution in [3.05, 3.63) is 54.2 Å². The first-order chi connectivity index (χ1) is 18.2. The van der Waals surface area contributed by atoms with Gasteiger partial charge in [-0.05, 0) is 44.0 Å². The highest BCUT2D eigenvalue weighted by atomic mass is 32.2. The maximum absolute atomic E-state index is 13.1. The average Bonchev–Trinajstić information content (AvgIpc) is 3.61. The number of sulfone groups is 1. The number of urea groups is 1. The molecule has 0 radical (unpaired) electrons. The Labute approximate surface area is 222 Å². The van der Waals surface area contributed by atoms with E-state index in [1.54, 1.807) is 24.5 Å². The summed E-state index contributed by atoms with van der Waals surface area (Å²) < 4.78 is 30.8. The second-order valence-corrected chi connectivity index (χ2v) is 12.3. The summed E-state index contributed by atoms with van der Waals surface area (Å²) in [5, 5.41) is 5.54. The summed E-state index contributed by atoms with van der Waals surface area (Å²) in [6.07, 6.45) is 7.43. The Kier molecular flexibility index (Phi) is 7.35. The molecule has 38 heavy (non-hydrogen) atoms. The lowest BCUT2D eigenvalue weighted by Gasteiger charge is -2.35. The molecule has 3 N–H and O–H groups in total. The molecule has 3 heterocycles. The zero-order valence-corrected chi connectivity index (χ0v) is 22.4. The predicted octanol–water partition coefficient (Wildman–Crippen LogP) is 3.23. The van der Waals surface area contributed by atoms with Crippen molar-refractivity contribution < 1.29 is 17.9 Å². The van der Waals surface area contributed by atoms with E-state index in [9.17, 15) is 13.2 Å². The monoisotopic (exact) mass is 539 g/mol. The quantitative estimate of drug-likeness (QED) is 0.415. The molecule has 0 spiro atoms. The first-order valence-electron chi connectivity index (χ1n) is 12.8. The number of morpholine rings is 1. The molecule has 0 bridgehead atoms. The molecule has 3 aromatic rings. The Bertz CT molecular complexity index is 1370. The minimum Gasteiger partial charge on any atom is -0.377 e. The van der Waals surface area contributed by atoms with Crippen molar-refractivity contribution in [2.45, 2.75) is 49.9 Å². The first kappa shape index (κ1) is 26.1. The van der Waals surface area contributed by atoms with Crippen molar-refractivity contribution in [1.82, 2.24) is 25.3 Å². The maximum Gasteiger partial charge on any atom is 0.319 e. The van der Waals surface area contributed by atoms with Crippen molar-refractivity contribution in [2.75, 3.05) is 36.2 Å². The molecule has 2 fully saturated rings. The highest BCUT2D eigenvalue weighted by Crippen LogP contribution is 2.45. The van der Waals surface area contributed by atoms with Crippen LogP contribution >= 0.6 is 0 Å². The van der Waals surface area contributed by atoms with Crippen molar-refractivity contribution in [1.29, 1.82) is 0 Å². The lowest BCUT2D eigenvalue weighted by molar-refractivity contribution is 0.0985. The number of benzene rings is 1. The highest BCUT2D eigenvalue weighted by Gasteiger charge is 2.47. The molecule has 12 heteroatoms. The van der Waals surface area contributed by atoms with E-state index < -0.39 is 14.6 Å². The fraction of sp³-hybridized carbons (Fsp3) is 0.462. The molecular weight excluding hydrogens is 506 g/mol. The van der Waals surface area contributed by atoms with E-state index in [1.807, 2.05) is 18.2 Å². The van der Waals surface area contributed by atoms with E-state index in [2.05, 4.69) is 32.4 Å². The third kappa shape index (κ3) is 5.37. The number of carbonyl (C=O) groups is 1. The van der Waals surface area contributed by atoms with Crippen LogP contribution in [0.1, 0.15) is 44.1 Å². The number of H-pyrrole nitrogens is 1. The largest absolute Gasteiger partial charge is 0.377 e. The van der Waals surface area contributed by atoms with Crippen LogP contribution in [0, 0.1) is 0 Å². The van der Waals surface area contributed by atoms with Gasteiger partial charge in [-0.3, -0.25) is 0 Å². The Morgan fingerprint density at radius 1 is 1.21 bits per heavy atom. The summed E-state index contributed by atoms with van der Waals surface area (Å²) in [6, 6.07) is 8.81. The number of carbonyl (C=O) groups excluding carboxylic acids is 1. The standard InChI is InChI=1S/C26H33N7O4S/c1-18-17-37-14-13-33(18)23-15-21(26(38(2,35)36)9-3-4-10-26)31-24(32-23)19-5-7-20(8-6-19)30-25(34)29-16-22-27-11-12-28-22/h5-8,11-12,15,18H,3-4,9-10,13-14,16-17H2,1-2H3,(H,27,28)(H2,29,30,34)/t18-/m0/s1. The number of ether oxygens (including phenoxy) is 1. The number of rotatable bonds is 7. The molecule has 11 nitrogen and oxygen atoms in total. The Hall–Kier alpha value is -3.51. The molecule has 1 atom stereocenters. The molecule has 1 aliphatic carbocycles. The number of amides is 2. The van der Waals surface area contributed by atoms with Gasteiger partial charge in [-0.1, -0.05) is 12.8 Å². The minimum atomic E-state index is -3.41. The Balaban J connectivity index is 1.44. The van der Waals surface area contributed by atoms with E-state index in [4.69, 9.17) is 14.7 Å². The van der Waals surface area contributed by atoms with E-state index in [-0.39, 0.29) is 18.6 Å². The van der Waals surface area contributed by atoms with Gasteiger partial charge in [0.2, 0.25) is 0 Å². The van der Waals surface area contributed by atoms with Crippen LogP contribution in [0.25, 0.3) is 11.4 Å². The van der Waals surface area contributed by atoms with Gasteiger partial charge in [-0.15, -0.1) is 0 Å². The summed E-state index contributed by atoms with van der Waals surface area (Å²) in [6.45, 7) is 4.17. The van der Waals surface area contributed by atoms with Crippen LogP contribution < -0.4 is 15.5 Å². The lowest BCUT2D eigenvalue weighted by Crippen LogP contribution is -2.44. The van der Waals surface area contributed by atoms with Gasteiger partial charge in [0.15, 0.2) is 15.7 Å². The second-order valence-electron chi connectivity index (χ2n) is 9.95. The molecule has 1 saturated carbocycles. The molecule has 2 aromatic heterocycles. The first-order valence-corrected chi connectivity index (χ1v) is 14.7. The van der Waals surface area contributed by atoms with E-state index in [0.29, 0.717) is 61.4 Å². The second kappa shape index (κ2) is 10.7. The van der Waals surface area contributed by atoms with Crippen LogP contribution in [0.5, 0.6) is 0 Å². The molecule has 1 aliphatic heterocycles. The summed E-state index contributed by atoms with van der Waals surface area (Å²) >= 11 is 0. The molecular formula is C26H33N7O4S. The van der Waals surface area contributed by atoms with Crippen molar-refractivity contribution in [3.63, 3.8) is 0 Å². The van der Waals surface area contributed by atoms with Gasteiger partial charge >= 0.3 is 6.03 Å². The number of anilines is 2. The average molecular weight is 540 g/mol. The number of hydrogen-bond acceptors (Lipinski definition) is 8. The summed E-state index contributed by atoms with van der Waals surface area (Å²) in [5.41, 5.74) is 1.89. The third-order valence-corrected chi connectivity index (χ3v) is 9.37. The van der Waals surface area contributed by atoms with Crippen LogP contribution in [0.4, 0.5) is 16.3 Å². The summed E-state index contributed by atoms with van der Waals surface area (Å²) in [4.78, 5) is 31.1. The van der Waals surface area contributed by atoms with Crippen LogP contribution in [0.2, 0.25) is 0 Å². The van der Waals surface area contributed by atoms with Crippen molar-refractivity contribution >= 4 is 27.4 Å². The summed E-state index contributed by atoms with van der Waals surface area (Å²) in [5.74, 6) is 1.82. The predicted molar refractivity (Wildman–Crippen MR) is 145 cm³/mol. The normalized spacial score (nSPS) is 19.3. The zero-order chi connectivity index (χ0) is 26.8. The molecule has 2 aliphatic rings. The fourth-order valence-electron chi connectivity index (χ4n) is 5.21. The van der Waals surface area contributed by atoms with Gasteiger partial charge in [0, 0.05) is 42.5 Å². The molecule has 0 unspecified atom stereocenters. The molecule has 5 rings (SSSR count). The Morgan fingerprint density at radius 3 is 2.63 bits per heavy atom. The van der Waals surface area contributed by atoms with Gasteiger partial charge in [-0.2, -0.15) is 0 Å². The number of aromatic nitrogens is 4. The van der Waals surface area contributed by atoms with Crippen LogP contribution in [0.15, 0.2) is 42.7 Å². The lowest BCUT2D eigenvalue weighted by atomic mass is 10.0. The minimum absolute atomic E-state index is 0.100. The van der Waals surface area contributed by atoms with Crippen molar-refractivity contribution in [3.8, 4) is 11.4 Å². The zero-order valence-electron chi connectivity index (χ0n) is 21.6.